The minimum absolute atomic E-state index is 0.167. The van der Waals surface area contributed by atoms with Crippen LogP contribution in [0.2, 0.25) is 0 Å². The smallest absolute Gasteiger partial charge is 0.343 e. The lowest BCUT2D eigenvalue weighted by Crippen LogP contribution is -2.32. The Hall–Kier alpha value is -2.78. The number of aryl methyl sites for hydroxylation is 1. The normalized spacial score (nSPS) is 14.8. The SMILES string of the molecule is COC(=O)COc1ccc(/C=C2\SC(=O)N(CCOc3cccc(C)c3)C2=O)cc1Br. The predicted molar refractivity (Wildman–Crippen MR) is 121 cm³/mol. The van der Waals surface area contributed by atoms with Gasteiger partial charge >= 0.3 is 5.97 Å². The zero-order chi connectivity index (χ0) is 22.4. The molecule has 7 nitrogen and oxygen atoms in total. The molecule has 2 aromatic carbocycles. The molecule has 0 radical (unpaired) electrons. The van der Waals surface area contributed by atoms with Crippen molar-refractivity contribution in [2.45, 2.75) is 6.92 Å². The Morgan fingerprint density at radius 1 is 1.16 bits per heavy atom. The van der Waals surface area contributed by atoms with Gasteiger partial charge in [-0.3, -0.25) is 14.5 Å². The van der Waals surface area contributed by atoms with E-state index in [0.29, 0.717) is 26.4 Å². The van der Waals surface area contributed by atoms with Crippen LogP contribution in [0.4, 0.5) is 4.79 Å². The largest absolute Gasteiger partial charge is 0.492 e. The minimum atomic E-state index is -0.490. The zero-order valence-electron chi connectivity index (χ0n) is 16.9. The van der Waals surface area contributed by atoms with Crippen molar-refractivity contribution in [3.63, 3.8) is 0 Å². The molecule has 9 heteroatoms. The molecule has 0 unspecified atom stereocenters. The Morgan fingerprint density at radius 3 is 2.68 bits per heavy atom. The number of hydrogen-bond donors (Lipinski definition) is 0. The predicted octanol–water partition coefficient (Wildman–Crippen LogP) is 4.42. The van der Waals surface area contributed by atoms with Crippen molar-refractivity contribution < 1.29 is 28.6 Å². The van der Waals surface area contributed by atoms with E-state index in [1.54, 1.807) is 24.3 Å². The fourth-order valence-electron chi connectivity index (χ4n) is 2.72. The van der Waals surface area contributed by atoms with Crippen LogP contribution in [-0.4, -0.2) is 48.9 Å². The molecule has 2 amide bonds. The van der Waals surface area contributed by atoms with E-state index in [0.717, 1.165) is 17.3 Å². The first-order valence-corrected chi connectivity index (χ1v) is 10.9. The molecule has 1 aliphatic heterocycles. The molecule has 0 bridgehead atoms. The molecule has 0 saturated carbocycles. The third kappa shape index (κ3) is 6.11. The summed E-state index contributed by atoms with van der Waals surface area (Å²) in [6.45, 7) is 2.13. The van der Waals surface area contributed by atoms with Crippen LogP contribution in [0.1, 0.15) is 11.1 Å². The highest BCUT2D eigenvalue weighted by Crippen LogP contribution is 2.33. The maximum Gasteiger partial charge on any atom is 0.343 e. The molecule has 3 rings (SSSR count). The number of rotatable bonds is 8. The number of ether oxygens (including phenoxy) is 3. The Bertz CT molecular complexity index is 1040. The number of imide groups is 1. The van der Waals surface area contributed by atoms with Crippen LogP contribution in [0.15, 0.2) is 51.8 Å². The number of methoxy groups -OCH3 is 1. The first-order chi connectivity index (χ1) is 14.9. The van der Waals surface area contributed by atoms with Crippen molar-refractivity contribution in [1.82, 2.24) is 4.90 Å². The van der Waals surface area contributed by atoms with Gasteiger partial charge in [-0.05, 0) is 76.1 Å². The van der Waals surface area contributed by atoms with E-state index in [1.165, 1.54) is 12.0 Å². The summed E-state index contributed by atoms with van der Waals surface area (Å²) in [6, 6.07) is 12.7. The van der Waals surface area contributed by atoms with Crippen molar-refractivity contribution in [3.05, 3.63) is 63.0 Å². The van der Waals surface area contributed by atoms with Crippen molar-refractivity contribution >= 4 is 50.9 Å². The van der Waals surface area contributed by atoms with E-state index in [2.05, 4.69) is 20.7 Å². The lowest BCUT2D eigenvalue weighted by atomic mass is 10.2. The fraction of sp³-hybridized carbons (Fsp3) is 0.227. The molecule has 1 aliphatic rings. The van der Waals surface area contributed by atoms with E-state index in [-0.39, 0.29) is 30.9 Å². The Kier molecular flexibility index (Phi) is 7.75. The number of thioether (sulfide) groups is 1. The van der Waals surface area contributed by atoms with E-state index in [4.69, 9.17) is 9.47 Å². The summed E-state index contributed by atoms with van der Waals surface area (Å²) in [5.74, 6) is 0.312. The number of amides is 2. The second-order valence-electron chi connectivity index (χ2n) is 6.55. The van der Waals surface area contributed by atoms with Crippen molar-refractivity contribution in [2.24, 2.45) is 0 Å². The first kappa shape index (κ1) is 22.9. The lowest BCUT2D eigenvalue weighted by molar-refractivity contribution is -0.142. The second-order valence-corrected chi connectivity index (χ2v) is 8.40. The molecular formula is C22H20BrNO6S. The standard InChI is InChI=1S/C22H20BrNO6S/c1-14-4-3-5-16(10-14)29-9-8-24-21(26)19(31-22(24)27)12-15-6-7-18(17(23)11-15)30-13-20(25)28-2/h3-7,10-12H,8-9,13H2,1-2H3/b19-12-. The monoisotopic (exact) mass is 505 g/mol. The molecule has 1 saturated heterocycles. The zero-order valence-corrected chi connectivity index (χ0v) is 19.3. The van der Waals surface area contributed by atoms with Crippen LogP contribution in [-0.2, 0) is 14.3 Å². The van der Waals surface area contributed by atoms with Crippen molar-refractivity contribution in [1.29, 1.82) is 0 Å². The van der Waals surface area contributed by atoms with Crippen molar-refractivity contribution in [2.75, 3.05) is 26.9 Å². The molecule has 1 heterocycles. The van der Waals surface area contributed by atoms with Gasteiger partial charge in [-0.25, -0.2) is 4.79 Å². The van der Waals surface area contributed by atoms with Crippen LogP contribution in [0.5, 0.6) is 11.5 Å². The molecule has 162 valence electrons. The highest BCUT2D eigenvalue weighted by molar-refractivity contribution is 9.10. The summed E-state index contributed by atoms with van der Waals surface area (Å²) in [5, 5.41) is -0.332. The fourth-order valence-corrected chi connectivity index (χ4v) is 4.10. The maximum absolute atomic E-state index is 12.7. The van der Waals surface area contributed by atoms with Crippen LogP contribution >= 0.6 is 27.7 Å². The molecular weight excluding hydrogens is 486 g/mol. The quantitative estimate of drug-likeness (QED) is 0.387. The Balaban J connectivity index is 1.61. The number of esters is 1. The summed E-state index contributed by atoms with van der Waals surface area (Å²) in [6.07, 6.45) is 1.64. The topological polar surface area (TPSA) is 82.1 Å². The van der Waals surface area contributed by atoms with Gasteiger partial charge in [0.05, 0.1) is 23.0 Å². The molecule has 0 atom stereocenters. The number of hydrogen-bond acceptors (Lipinski definition) is 7. The number of nitrogens with zero attached hydrogens (tertiary/aromatic N) is 1. The maximum atomic E-state index is 12.7. The van der Waals surface area contributed by atoms with Crippen LogP contribution in [0.25, 0.3) is 6.08 Å². The lowest BCUT2D eigenvalue weighted by Gasteiger charge is -2.13. The van der Waals surface area contributed by atoms with Gasteiger partial charge in [0, 0.05) is 0 Å². The summed E-state index contributed by atoms with van der Waals surface area (Å²) in [4.78, 5) is 37.6. The first-order valence-electron chi connectivity index (χ1n) is 9.31. The van der Waals surface area contributed by atoms with Gasteiger partial charge in [0.1, 0.15) is 18.1 Å². The molecule has 0 aliphatic carbocycles. The van der Waals surface area contributed by atoms with Crippen LogP contribution < -0.4 is 9.47 Å². The highest BCUT2D eigenvalue weighted by Gasteiger charge is 2.34. The van der Waals surface area contributed by atoms with Gasteiger partial charge in [-0.1, -0.05) is 18.2 Å². The third-order valence-electron chi connectivity index (χ3n) is 4.27. The molecule has 2 aromatic rings. The molecule has 31 heavy (non-hydrogen) atoms. The highest BCUT2D eigenvalue weighted by atomic mass is 79.9. The second kappa shape index (κ2) is 10.5. The van der Waals surface area contributed by atoms with E-state index in [9.17, 15) is 14.4 Å². The van der Waals surface area contributed by atoms with E-state index >= 15 is 0 Å². The average molecular weight is 506 g/mol. The van der Waals surface area contributed by atoms with Gasteiger partial charge in [0.25, 0.3) is 11.1 Å². The third-order valence-corrected chi connectivity index (χ3v) is 5.80. The van der Waals surface area contributed by atoms with Crippen molar-refractivity contribution in [3.8, 4) is 11.5 Å². The summed E-state index contributed by atoms with van der Waals surface area (Å²) < 4.78 is 16.2. The van der Waals surface area contributed by atoms with Gasteiger partial charge in [0.2, 0.25) is 0 Å². The average Bonchev–Trinajstić information content (AvgIpc) is 3.00. The van der Waals surface area contributed by atoms with Gasteiger partial charge < -0.3 is 14.2 Å². The number of carbonyl (C=O) groups is 3. The van der Waals surface area contributed by atoms with Crippen LogP contribution in [0, 0.1) is 6.92 Å². The summed E-state index contributed by atoms with van der Waals surface area (Å²) >= 11 is 4.26. The number of carbonyl (C=O) groups excluding carboxylic acids is 3. The van der Waals surface area contributed by atoms with E-state index < -0.39 is 5.97 Å². The van der Waals surface area contributed by atoms with Gasteiger partial charge in [0.15, 0.2) is 6.61 Å². The molecule has 0 N–H and O–H groups in total. The number of benzene rings is 2. The van der Waals surface area contributed by atoms with Gasteiger partial charge in [-0.2, -0.15) is 0 Å². The van der Waals surface area contributed by atoms with Crippen LogP contribution in [0.3, 0.4) is 0 Å². The minimum Gasteiger partial charge on any atom is -0.492 e. The molecule has 0 aromatic heterocycles. The Morgan fingerprint density at radius 2 is 1.97 bits per heavy atom. The summed E-state index contributed by atoms with van der Waals surface area (Å²) in [5.41, 5.74) is 1.78. The molecule has 0 spiro atoms. The Labute approximate surface area is 192 Å². The summed E-state index contributed by atoms with van der Waals surface area (Å²) in [7, 11) is 1.28. The van der Waals surface area contributed by atoms with Gasteiger partial charge in [-0.15, -0.1) is 0 Å². The van der Waals surface area contributed by atoms with E-state index in [1.807, 2.05) is 31.2 Å². The number of halogens is 1. The molecule has 1 fully saturated rings.